The Morgan fingerprint density at radius 3 is 2.83 bits per heavy atom. The highest BCUT2D eigenvalue weighted by Gasteiger charge is 2.03. The predicted octanol–water partition coefficient (Wildman–Crippen LogP) is 2.92. The van der Waals surface area contributed by atoms with Gasteiger partial charge >= 0.3 is 0 Å². The zero-order valence-corrected chi connectivity index (χ0v) is 10.6. The summed E-state index contributed by atoms with van der Waals surface area (Å²) in [4.78, 5) is 8.28. The fourth-order valence-corrected chi connectivity index (χ4v) is 1.72. The molecule has 18 heavy (non-hydrogen) atoms. The molecular formula is C13H11ClN4. The van der Waals surface area contributed by atoms with E-state index in [4.69, 9.17) is 16.9 Å². The smallest absolute Gasteiger partial charge is 0.224 e. The van der Waals surface area contributed by atoms with Gasteiger partial charge in [0, 0.05) is 17.3 Å². The molecule has 4 nitrogen and oxygen atoms in total. The summed E-state index contributed by atoms with van der Waals surface area (Å²) >= 11 is 6.05. The number of nitrogens with one attached hydrogen (secondary N) is 1. The minimum atomic E-state index is 0.351. The molecule has 0 saturated heterocycles. The van der Waals surface area contributed by atoms with Gasteiger partial charge in [-0.05, 0) is 24.6 Å². The second-order valence-electron chi connectivity index (χ2n) is 3.77. The van der Waals surface area contributed by atoms with Gasteiger partial charge in [0.1, 0.15) is 11.8 Å². The van der Waals surface area contributed by atoms with Crippen molar-refractivity contribution in [2.24, 2.45) is 0 Å². The Morgan fingerprint density at radius 1 is 1.33 bits per heavy atom. The summed E-state index contributed by atoms with van der Waals surface area (Å²) in [6, 6.07) is 11.2. The van der Waals surface area contributed by atoms with Crippen molar-refractivity contribution in [1.82, 2.24) is 9.97 Å². The summed E-state index contributed by atoms with van der Waals surface area (Å²) in [6.07, 6.45) is 0. The first-order valence-corrected chi connectivity index (χ1v) is 5.80. The van der Waals surface area contributed by atoms with Gasteiger partial charge in [0.05, 0.1) is 0 Å². The van der Waals surface area contributed by atoms with Crippen LogP contribution in [0.4, 0.5) is 5.95 Å². The van der Waals surface area contributed by atoms with Crippen molar-refractivity contribution in [3.63, 3.8) is 0 Å². The van der Waals surface area contributed by atoms with Crippen LogP contribution >= 0.6 is 11.6 Å². The van der Waals surface area contributed by atoms with Crippen molar-refractivity contribution in [3.05, 3.63) is 52.3 Å². The van der Waals surface area contributed by atoms with E-state index in [1.54, 1.807) is 6.07 Å². The van der Waals surface area contributed by atoms with Crippen molar-refractivity contribution in [2.75, 3.05) is 5.32 Å². The minimum Gasteiger partial charge on any atom is -0.350 e. The lowest BCUT2D eigenvalue weighted by molar-refractivity contribution is 1.02. The van der Waals surface area contributed by atoms with Crippen molar-refractivity contribution >= 4 is 17.5 Å². The second-order valence-corrected chi connectivity index (χ2v) is 4.18. The van der Waals surface area contributed by atoms with E-state index in [2.05, 4.69) is 15.3 Å². The third-order valence-electron chi connectivity index (χ3n) is 2.36. The summed E-state index contributed by atoms with van der Waals surface area (Å²) in [6.45, 7) is 2.34. The molecule has 0 saturated carbocycles. The Kier molecular flexibility index (Phi) is 3.75. The van der Waals surface area contributed by atoms with Crippen molar-refractivity contribution in [3.8, 4) is 6.07 Å². The number of aromatic nitrogens is 2. The Morgan fingerprint density at radius 2 is 2.11 bits per heavy atom. The Labute approximate surface area is 110 Å². The monoisotopic (exact) mass is 258 g/mol. The molecule has 0 bridgehead atoms. The molecule has 0 fully saturated rings. The lowest BCUT2D eigenvalue weighted by atomic mass is 10.2. The number of benzene rings is 1. The lowest BCUT2D eigenvalue weighted by Crippen LogP contribution is -2.05. The molecule has 0 radical (unpaired) electrons. The number of nitrogens with zero attached hydrogens (tertiary/aromatic N) is 3. The largest absolute Gasteiger partial charge is 0.350 e. The van der Waals surface area contributed by atoms with Crippen molar-refractivity contribution < 1.29 is 0 Å². The maximum atomic E-state index is 8.83. The van der Waals surface area contributed by atoms with Gasteiger partial charge in [0.25, 0.3) is 0 Å². The maximum Gasteiger partial charge on any atom is 0.224 e. The molecule has 0 aliphatic carbocycles. The van der Waals surface area contributed by atoms with E-state index in [0.717, 1.165) is 11.3 Å². The quantitative estimate of drug-likeness (QED) is 0.920. The molecule has 0 amide bonds. The molecule has 0 atom stereocenters. The second kappa shape index (κ2) is 5.48. The van der Waals surface area contributed by atoms with Crippen molar-refractivity contribution in [2.45, 2.75) is 13.5 Å². The summed E-state index contributed by atoms with van der Waals surface area (Å²) in [5, 5.41) is 12.6. The molecule has 90 valence electrons. The summed E-state index contributed by atoms with van der Waals surface area (Å²) in [5.74, 6) is 0.437. The van der Waals surface area contributed by atoms with Gasteiger partial charge in [-0.1, -0.05) is 29.8 Å². The fraction of sp³-hybridized carbons (Fsp3) is 0.154. The summed E-state index contributed by atoms with van der Waals surface area (Å²) in [7, 11) is 0. The number of hydrogen-bond donors (Lipinski definition) is 1. The van der Waals surface area contributed by atoms with Crippen LogP contribution in [-0.4, -0.2) is 9.97 Å². The molecule has 2 rings (SSSR count). The van der Waals surface area contributed by atoms with E-state index >= 15 is 0 Å². The van der Waals surface area contributed by atoms with E-state index in [1.165, 1.54) is 0 Å². The first-order chi connectivity index (χ1) is 8.69. The molecule has 0 unspecified atom stereocenters. The van der Waals surface area contributed by atoms with E-state index in [1.807, 2.05) is 37.3 Å². The van der Waals surface area contributed by atoms with Gasteiger partial charge in [0.2, 0.25) is 5.95 Å². The number of nitriles is 1. The normalized spacial score (nSPS) is 9.83. The molecule has 5 heteroatoms. The third-order valence-corrected chi connectivity index (χ3v) is 2.73. The first kappa shape index (κ1) is 12.3. The van der Waals surface area contributed by atoms with E-state index in [9.17, 15) is 0 Å². The highest BCUT2D eigenvalue weighted by Crippen LogP contribution is 2.16. The average molecular weight is 259 g/mol. The van der Waals surface area contributed by atoms with Crippen LogP contribution in [0.25, 0.3) is 0 Å². The van der Waals surface area contributed by atoms with Gasteiger partial charge < -0.3 is 5.32 Å². The van der Waals surface area contributed by atoms with Crippen LogP contribution in [0.1, 0.15) is 17.0 Å². The zero-order valence-electron chi connectivity index (χ0n) is 9.81. The predicted molar refractivity (Wildman–Crippen MR) is 70.3 cm³/mol. The minimum absolute atomic E-state index is 0.351. The van der Waals surface area contributed by atoms with Crippen LogP contribution < -0.4 is 5.32 Å². The van der Waals surface area contributed by atoms with Crippen LogP contribution in [-0.2, 0) is 6.54 Å². The molecule has 0 aliphatic heterocycles. The van der Waals surface area contributed by atoms with Gasteiger partial charge in [-0.25, -0.2) is 9.97 Å². The molecule has 1 aromatic carbocycles. The van der Waals surface area contributed by atoms with E-state index in [0.29, 0.717) is 23.2 Å². The average Bonchev–Trinajstić information content (AvgIpc) is 2.37. The highest BCUT2D eigenvalue weighted by atomic mass is 35.5. The molecule has 1 heterocycles. The van der Waals surface area contributed by atoms with Crippen molar-refractivity contribution in [1.29, 1.82) is 5.26 Å². The number of aryl methyl sites for hydroxylation is 1. The van der Waals surface area contributed by atoms with Gasteiger partial charge in [-0.15, -0.1) is 0 Å². The molecule has 1 N–H and O–H groups in total. The molecule has 2 aromatic rings. The lowest BCUT2D eigenvalue weighted by Gasteiger charge is -2.07. The van der Waals surface area contributed by atoms with E-state index in [-0.39, 0.29) is 0 Å². The molecule has 0 aliphatic rings. The molecule has 0 spiro atoms. The Balaban J connectivity index is 2.14. The number of halogens is 1. The Bertz CT molecular complexity index is 604. The van der Waals surface area contributed by atoms with Crippen LogP contribution in [0.3, 0.4) is 0 Å². The number of rotatable bonds is 3. The number of hydrogen-bond acceptors (Lipinski definition) is 4. The van der Waals surface area contributed by atoms with Gasteiger partial charge in [-0.3, -0.25) is 0 Å². The summed E-state index contributed by atoms with van der Waals surface area (Å²) < 4.78 is 0. The van der Waals surface area contributed by atoms with Crippen LogP contribution in [0.15, 0.2) is 30.3 Å². The zero-order chi connectivity index (χ0) is 13.0. The van der Waals surface area contributed by atoms with Gasteiger partial charge in [0.15, 0.2) is 0 Å². The van der Waals surface area contributed by atoms with Crippen LogP contribution in [0, 0.1) is 18.3 Å². The molecule has 1 aromatic heterocycles. The fourth-order valence-electron chi connectivity index (χ4n) is 1.52. The standard InChI is InChI=1S/C13H11ClN4/c1-9-6-11(7-15)18-13(17-9)16-8-10-4-2-3-5-12(10)14/h2-6H,8H2,1H3,(H,16,17,18). The van der Waals surface area contributed by atoms with E-state index < -0.39 is 0 Å². The maximum absolute atomic E-state index is 8.83. The third kappa shape index (κ3) is 2.96. The topological polar surface area (TPSA) is 61.6 Å². The van der Waals surface area contributed by atoms with Gasteiger partial charge in [-0.2, -0.15) is 5.26 Å². The first-order valence-electron chi connectivity index (χ1n) is 5.42. The van der Waals surface area contributed by atoms with Crippen LogP contribution in [0.5, 0.6) is 0 Å². The summed E-state index contributed by atoms with van der Waals surface area (Å²) in [5.41, 5.74) is 2.06. The van der Waals surface area contributed by atoms with Crippen LogP contribution in [0.2, 0.25) is 5.02 Å². The molecular weight excluding hydrogens is 248 g/mol. The number of anilines is 1. The Hall–Kier alpha value is -2.12. The highest BCUT2D eigenvalue weighted by molar-refractivity contribution is 6.31. The SMILES string of the molecule is Cc1cc(C#N)nc(NCc2ccccc2Cl)n1.